The largest absolute Gasteiger partial charge is 0.381 e. The summed E-state index contributed by atoms with van der Waals surface area (Å²) < 4.78 is 0. The number of fused-ring (bicyclic) bond motifs is 1. The van der Waals surface area contributed by atoms with E-state index in [0.29, 0.717) is 6.54 Å². The Bertz CT molecular complexity index is 1160. The number of carbonyl (C=O) groups is 4. The van der Waals surface area contributed by atoms with E-state index in [1.165, 1.54) is 6.92 Å². The molecule has 2 aromatic rings. The van der Waals surface area contributed by atoms with Crippen molar-refractivity contribution < 1.29 is 19.2 Å². The molecule has 2 heterocycles. The SMILES string of the molecule is C=C(NCc1ccc2c(c1)C(=O)N([C@@]1(C)CCC(=O)NC1=O)C2=O)c1ccc(SC)cc1. The number of amides is 4. The van der Waals surface area contributed by atoms with Crippen LogP contribution in [-0.4, -0.2) is 40.3 Å². The second-order valence-electron chi connectivity index (χ2n) is 8.04. The zero-order valence-electron chi connectivity index (χ0n) is 17.9. The smallest absolute Gasteiger partial charge is 0.262 e. The van der Waals surface area contributed by atoms with Gasteiger partial charge in [-0.15, -0.1) is 11.8 Å². The van der Waals surface area contributed by atoms with Gasteiger partial charge in [0.25, 0.3) is 17.7 Å². The molecule has 4 rings (SSSR count). The molecule has 8 heteroatoms. The first-order chi connectivity index (χ1) is 15.2. The Morgan fingerprint density at radius 3 is 2.44 bits per heavy atom. The Labute approximate surface area is 190 Å². The van der Waals surface area contributed by atoms with Gasteiger partial charge in [-0.3, -0.25) is 29.4 Å². The molecule has 1 saturated heterocycles. The number of rotatable bonds is 6. The van der Waals surface area contributed by atoms with E-state index >= 15 is 0 Å². The van der Waals surface area contributed by atoms with E-state index in [1.807, 2.05) is 30.5 Å². The molecule has 4 amide bonds. The maximum absolute atomic E-state index is 13.1. The molecule has 0 bridgehead atoms. The van der Waals surface area contributed by atoms with Crippen LogP contribution in [0.2, 0.25) is 0 Å². The van der Waals surface area contributed by atoms with Gasteiger partial charge in [-0.2, -0.15) is 0 Å². The Kier molecular flexibility index (Phi) is 5.64. The van der Waals surface area contributed by atoms with Gasteiger partial charge < -0.3 is 5.32 Å². The second-order valence-corrected chi connectivity index (χ2v) is 8.92. The molecule has 2 N–H and O–H groups in total. The number of nitrogens with zero attached hydrogens (tertiary/aromatic N) is 1. The van der Waals surface area contributed by atoms with Crippen LogP contribution in [0, 0.1) is 0 Å². The van der Waals surface area contributed by atoms with Crippen LogP contribution >= 0.6 is 11.8 Å². The van der Waals surface area contributed by atoms with Crippen molar-refractivity contribution in [1.29, 1.82) is 0 Å². The van der Waals surface area contributed by atoms with Crippen LogP contribution in [0.5, 0.6) is 0 Å². The lowest BCUT2D eigenvalue weighted by molar-refractivity contribution is -0.140. The van der Waals surface area contributed by atoms with Gasteiger partial charge in [0.15, 0.2) is 0 Å². The van der Waals surface area contributed by atoms with E-state index in [1.54, 1.807) is 30.0 Å². The van der Waals surface area contributed by atoms with Crippen molar-refractivity contribution in [3.8, 4) is 0 Å². The fourth-order valence-electron chi connectivity index (χ4n) is 3.96. The third-order valence-electron chi connectivity index (χ3n) is 5.97. The minimum atomic E-state index is -1.39. The van der Waals surface area contributed by atoms with Gasteiger partial charge >= 0.3 is 0 Å². The highest BCUT2D eigenvalue weighted by Crippen LogP contribution is 2.34. The highest BCUT2D eigenvalue weighted by molar-refractivity contribution is 7.98. The first kappa shape index (κ1) is 21.8. The van der Waals surface area contributed by atoms with Crippen LogP contribution in [0.3, 0.4) is 0 Å². The van der Waals surface area contributed by atoms with Gasteiger partial charge in [-0.1, -0.05) is 24.8 Å². The number of piperidine rings is 1. The molecular formula is C24H23N3O4S. The molecule has 164 valence electrons. The molecule has 2 aromatic carbocycles. The quantitative estimate of drug-likeness (QED) is 0.520. The fraction of sp³-hybridized carbons (Fsp3) is 0.250. The molecule has 7 nitrogen and oxygen atoms in total. The van der Waals surface area contributed by atoms with Gasteiger partial charge in [0.2, 0.25) is 5.91 Å². The summed E-state index contributed by atoms with van der Waals surface area (Å²) in [5.41, 5.74) is 1.65. The van der Waals surface area contributed by atoms with Crippen molar-refractivity contribution in [2.45, 2.75) is 36.7 Å². The van der Waals surface area contributed by atoms with Gasteiger partial charge in [0.1, 0.15) is 5.54 Å². The van der Waals surface area contributed by atoms with E-state index < -0.39 is 29.2 Å². The molecule has 1 fully saturated rings. The zero-order chi connectivity index (χ0) is 23.0. The van der Waals surface area contributed by atoms with Crippen LogP contribution in [0.1, 0.15) is 51.6 Å². The summed E-state index contributed by atoms with van der Waals surface area (Å²) >= 11 is 1.67. The number of thioether (sulfide) groups is 1. The van der Waals surface area contributed by atoms with Crippen molar-refractivity contribution >= 4 is 41.1 Å². The average molecular weight is 450 g/mol. The first-order valence-corrected chi connectivity index (χ1v) is 11.4. The van der Waals surface area contributed by atoms with E-state index in [4.69, 9.17) is 0 Å². The number of hydrogen-bond acceptors (Lipinski definition) is 6. The molecule has 0 aromatic heterocycles. The maximum atomic E-state index is 13.1. The van der Waals surface area contributed by atoms with Crippen molar-refractivity contribution in [1.82, 2.24) is 15.5 Å². The van der Waals surface area contributed by atoms with Crippen LogP contribution in [0.4, 0.5) is 0 Å². The monoisotopic (exact) mass is 449 g/mol. The summed E-state index contributed by atoms with van der Waals surface area (Å²) in [4.78, 5) is 52.2. The molecule has 2 aliphatic heterocycles. The van der Waals surface area contributed by atoms with Crippen LogP contribution in [0.25, 0.3) is 5.70 Å². The Morgan fingerprint density at radius 2 is 1.78 bits per heavy atom. The van der Waals surface area contributed by atoms with Crippen molar-refractivity contribution in [2.75, 3.05) is 6.26 Å². The maximum Gasteiger partial charge on any atom is 0.262 e. The molecule has 32 heavy (non-hydrogen) atoms. The summed E-state index contributed by atoms with van der Waals surface area (Å²) in [6.07, 6.45) is 2.20. The predicted molar refractivity (Wildman–Crippen MR) is 122 cm³/mol. The molecule has 2 aliphatic rings. The lowest BCUT2D eigenvalue weighted by atomic mass is 9.89. The predicted octanol–water partition coefficient (Wildman–Crippen LogP) is 2.96. The normalized spacial score (nSPS) is 20.2. The highest BCUT2D eigenvalue weighted by Gasteiger charge is 2.52. The Hall–Kier alpha value is -3.39. The molecule has 1 atom stereocenters. The third-order valence-corrected chi connectivity index (χ3v) is 6.71. The van der Waals surface area contributed by atoms with Gasteiger partial charge in [0.05, 0.1) is 11.1 Å². The topological polar surface area (TPSA) is 95.6 Å². The minimum absolute atomic E-state index is 0.0743. The van der Waals surface area contributed by atoms with Crippen LogP contribution < -0.4 is 10.6 Å². The molecule has 0 unspecified atom stereocenters. The summed E-state index contributed by atoms with van der Waals surface area (Å²) in [5.74, 6) is -2.07. The van der Waals surface area contributed by atoms with Crippen molar-refractivity contribution in [3.63, 3.8) is 0 Å². The molecule has 0 radical (unpaired) electrons. The molecule has 0 aliphatic carbocycles. The average Bonchev–Trinajstić information content (AvgIpc) is 3.05. The zero-order valence-corrected chi connectivity index (χ0v) is 18.7. The van der Waals surface area contributed by atoms with E-state index in [9.17, 15) is 19.2 Å². The van der Waals surface area contributed by atoms with Gasteiger partial charge in [-0.05, 0) is 55.0 Å². The summed E-state index contributed by atoms with van der Waals surface area (Å²) in [5, 5.41) is 5.49. The number of imide groups is 2. The van der Waals surface area contributed by atoms with Crippen LogP contribution in [-0.2, 0) is 16.1 Å². The summed E-state index contributed by atoms with van der Waals surface area (Å²) in [7, 11) is 0. The van der Waals surface area contributed by atoms with E-state index in [-0.39, 0.29) is 24.0 Å². The lowest BCUT2D eigenvalue weighted by Crippen LogP contribution is -2.62. The van der Waals surface area contributed by atoms with Crippen LogP contribution in [0.15, 0.2) is 53.9 Å². The standard InChI is InChI=1S/C24H23N3O4S/c1-14(16-5-7-17(32-3)8-6-16)25-13-15-4-9-18-19(12-15)22(30)27(21(18)29)24(2)11-10-20(28)26-23(24)31/h4-9,12,25H,1,10-11,13H2,2-3H3,(H,26,28,31)/t24-/m0/s1. The second kappa shape index (κ2) is 8.27. The Balaban J connectivity index is 1.51. The molecule has 0 spiro atoms. The van der Waals surface area contributed by atoms with Crippen molar-refractivity contribution in [3.05, 3.63) is 71.3 Å². The highest BCUT2D eigenvalue weighted by atomic mass is 32.2. The number of hydrogen-bond donors (Lipinski definition) is 2. The lowest BCUT2D eigenvalue weighted by Gasteiger charge is -2.38. The van der Waals surface area contributed by atoms with Gasteiger partial charge in [0, 0.05) is 23.6 Å². The van der Waals surface area contributed by atoms with E-state index in [2.05, 4.69) is 17.2 Å². The fourth-order valence-corrected chi connectivity index (χ4v) is 4.37. The van der Waals surface area contributed by atoms with Crippen molar-refractivity contribution in [2.24, 2.45) is 0 Å². The first-order valence-electron chi connectivity index (χ1n) is 10.2. The molecular weight excluding hydrogens is 426 g/mol. The summed E-state index contributed by atoms with van der Waals surface area (Å²) in [6, 6.07) is 13.1. The summed E-state index contributed by atoms with van der Waals surface area (Å²) in [6.45, 7) is 6.01. The van der Waals surface area contributed by atoms with Gasteiger partial charge in [-0.25, -0.2) is 0 Å². The number of carbonyl (C=O) groups excluding carboxylic acids is 4. The Morgan fingerprint density at radius 1 is 1.09 bits per heavy atom. The number of benzene rings is 2. The number of nitrogens with one attached hydrogen (secondary N) is 2. The van der Waals surface area contributed by atoms with E-state index in [0.717, 1.165) is 26.6 Å². The third kappa shape index (κ3) is 3.71. The molecule has 0 saturated carbocycles. The minimum Gasteiger partial charge on any atom is -0.381 e.